The number of amides is 1. The van der Waals surface area contributed by atoms with E-state index in [0.29, 0.717) is 0 Å². The molecule has 0 aliphatic heterocycles. The van der Waals surface area contributed by atoms with Gasteiger partial charge in [0.1, 0.15) is 0 Å². The first-order valence-electron chi connectivity index (χ1n) is 5.04. The van der Waals surface area contributed by atoms with Crippen molar-refractivity contribution in [1.82, 2.24) is 10.2 Å². The lowest BCUT2D eigenvalue weighted by Crippen LogP contribution is -2.49. The molecular formula is C9H18N2O5. The van der Waals surface area contributed by atoms with Crippen LogP contribution >= 0.6 is 0 Å². The average molecular weight is 234 g/mol. The summed E-state index contributed by atoms with van der Waals surface area (Å²) in [7, 11) is 0. The topological polar surface area (TPSA) is 90.3 Å². The lowest BCUT2D eigenvalue weighted by Gasteiger charge is -2.31. The fraction of sp³-hybridized carbons (Fsp3) is 0.778. The second-order valence-electron chi connectivity index (χ2n) is 3.00. The number of hydroxylamine groups is 1. The normalized spacial score (nSPS) is 10.3. The van der Waals surface area contributed by atoms with E-state index < -0.39 is 11.9 Å². The molecule has 0 saturated heterocycles. The molecule has 1 amide bonds. The van der Waals surface area contributed by atoms with Crippen LogP contribution in [0, 0.1) is 0 Å². The number of aliphatic hydroxyl groups excluding tert-OH is 2. The summed E-state index contributed by atoms with van der Waals surface area (Å²) in [5.41, 5.74) is 0. The van der Waals surface area contributed by atoms with Gasteiger partial charge in [-0.1, -0.05) is 12.1 Å². The molecule has 0 aromatic rings. The Morgan fingerprint density at radius 1 is 1.19 bits per heavy atom. The van der Waals surface area contributed by atoms with Gasteiger partial charge in [0.2, 0.25) is 0 Å². The first kappa shape index (κ1) is 14.8. The Labute approximate surface area is 94.1 Å². The van der Waals surface area contributed by atoms with Crippen LogP contribution in [0.3, 0.4) is 0 Å². The van der Waals surface area contributed by atoms with Gasteiger partial charge in [-0.05, 0) is 0 Å². The Bertz CT molecular complexity index is 228. The van der Waals surface area contributed by atoms with Crippen LogP contribution in [0.1, 0.15) is 20.3 Å². The molecule has 0 spiro atoms. The minimum atomic E-state index is -0.636. The summed E-state index contributed by atoms with van der Waals surface area (Å²) in [6.45, 7) is 2.56. The number of hydrogen-bond donors (Lipinski definition) is 2. The summed E-state index contributed by atoms with van der Waals surface area (Å²) in [5, 5.41) is 19.7. The molecule has 0 rings (SSSR count). The second-order valence-corrected chi connectivity index (χ2v) is 3.00. The van der Waals surface area contributed by atoms with E-state index in [2.05, 4.69) is 0 Å². The van der Waals surface area contributed by atoms with Crippen LogP contribution in [0.25, 0.3) is 0 Å². The van der Waals surface area contributed by atoms with Crippen molar-refractivity contribution in [2.24, 2.45) is 0 Å². The summed E-state index contributed by atoms with van der Waals surface area (Å²) in [5.74, 6) is -1.06. The fourth-order valence-corrected chi connectivity index (χ4v) is 1.05. The van der Waals surface area contributed by atoms with Crippen molar-refractivity contribution < 1.29 is 24.6 Å². The molecular weight excluding hydrogens is 216 g/mol. The molecule has 0 aromatic heterocycles. The number of hydrazine groups is 1. The number of nitrogens with zero attached hydrogens (tertiary/aromatic N) is 2. The van der Waals surface area contributed by atoms with E-state index in [9.17, 15) is 9.59 Å². The van der Waals surface area contributed by atoms with Crippen molar-refractivity contribution >= 4 is 11.9 Å². The van der Waals surface area contributed by atoms with Gasteiger partial charge in [-0.2, -0.15) is 5.01 Å². The van der Waals surface area contributed by atoms with E-state index in [1.165, 1.54) is 11.9 Å². The maximum absolute atomic E-state index is 11.5. The van der Waals surface area contributed by atoms with E-state index in [1.54, 1.807) is 6.92 Å². The fourth-order valence-electron chi connectivity index (χ4n) is 1.05. The van der Waals surface area contributed by atoms with Crippen molar-refractivity contribution in [2.75, 3.05) is 26.3 Å². The van der Waals surface area contributed by atoms with Crippen molar-refractivity contribution in [1.29, 1.82) is 0 Å². The van der Waals surface area contributed by atoms with Crippen LogP contribution in [-0.4, -0.2) is 58.6 Å². The molecule has 94 valence electrons. The summed E-state index contributed by atoms with van der Waals surface area (Å²) in [6.07, 6.45) is 0.153. The summed E-state index contributed by atoms with van der Waals surface area (Å²) < 4.78 is 0. The Morgan fingerprint density at radius 2 is 1.69 bits per heavy atom. The third kappa shape index (κ3) is 5.06. The van der Waals surface area contributed by atoms with E-state index in [4.69, 9.17) is 15.1 Å². The molecule has 0 fully saturated rings. The van der Waals surface area contributed by atoms with Crippen molar-refractivity contribution in [3.8, 4) is 0 Å². The smallest absolute Gasteiger partial charge is 0.331 e. The van der Waals surface area contributed by atoms with Gasteiger partial charge in [0.25, 0.3) is 5.91 Å². The maximum atomic E-state index is 11.5. The lowest BCUT2D eigenvalue weighted by molar-refractivity contribution is -0.259. The van der Waals surface area contributed by atoms with Crippen LogP contribution < -0.4 is 0 Å². The highest BCUT2D eigenvalue weighted by atomic mass is 16.8. The van der Waals surface area contributed by atoms with Gasteiger partial charge >= 0.3 is 5.97 Å². The second kappa shape index (κ2) is 8.03. The van der Waals surface area contributed by atoms with Gasteiger partial charge in [0.05, 0.1) is 13.2 Å². The molecule has 0 bridgehead atoms. The largest absolute Gasteiger partial charge is 0.395 e. The van der Waals surface area contributed by atoms with Gasteiger partial charge in [-0.15, -0.1) is 0 Å². The molecule has 2 N–H and O–H groups in total. The Hall–Kier alpha value is -1.18. The number of hydrogen-bond acceptors (Lipinski definition) is 6. The highest BCUT2D eigenvalue weighted by Crippen LogP contribution is 2.03. The van der Waals surface area contributed by atoms with Gasteiger partial charge in [0, 0.05) is 26.4 Å². The third-order valence-corrected chi connectivity index (χ3v) is 1.70. The Balaban J connectivity index is 4.64. The van der Waals surface area contributed by atoms with E-state index in [0.717, 1.165) is 5.17 Å². The standard InChI is InChI=1S/C9H18N2O5/c1-3-9(15)11(16-8(2)14)10(4-6-12)5-7-13/h12-13H,3-7H2,1-2H3. The van der Waals surface area contributed by atoms with E-state index in [1.807, 2.05) is 0 Å². The molecule has 0 atom stereocenters. The lowest BCUT2D eigenvalue weighted by atomic mass is 10.4. The molecule has 0 aliphatic carbocycles. The van der Waals surface area contributed by atoms with Crippen molar-refractivity contribution in [3.63, 3.8) is 0 Å². The monoisotopic (exact) mass is 234 g/mol. The van der Waals surface area contributed by atoms with Crippen LogP contribution in [0.2, 0.25) is 0 Å². The molecule has 0 heterocycles. The quantitative estimate of drug-likeness (QED) is 0.567. The molecule has 0 aliphatic rings. The van der Waals surface area contributed by atoms with Gasteiger partial charge in [0.15, 0.2) is 0 Å². The maximum Gasteiger partial charge on any atom is 0.331 e. The Morgan fingerprint density at radius 3 is 2.00 bits per heavy atom. The molecule has 0 radical (unpaired) electrons. The molecule has 16 heavy (non-hydrogen) atoms. The zero-order chi connectivity index (χ0) is 12.6. The molecule has 0 unspecified atom stereocenters. The highest BCUT2D eigenvalue weighted by molar-refractivity contribution is 5.76. The molecule has 7 nitrogen and oxygen atoms in total. The van der Waals surface area contributed by atoms with Gasteiger partial charge < -0.3 is 15.1 Å². The van der Waals surface area contributed by atoms with Crippen LogP contribution in [-0.2, 0) is 14.4 Å². The predicted molar refractivity (Wildman–Crippen MR) is 54.6 cm³/mol. The van der Waals surface area contributed by atoms with Crippen LogP contribution in [0.15, 0.2) is 0 Å². The zero-order valence-electron chi connectivity index (χ0n) is 9.55. The summed E-state index contributed by atoms with van der Waals surface area (Å²) in [6, 6.07) is 0. The molecule has 0 saturated carbocycles. The highest BCUT2D eigenvalue weighted by Gasteiger charge is 2.22. The summed E-state index contributed by atoms with van der Waals surface area (Å²) in [4.78, 5) is 27.0. The van der Waals surface area contributed by atoms with Crippen molar-refractivity contribution in [3.05, 3.63) is 0 Å². The van der Waals surface area contributed by atoms with Crippen LogP contribution in [0.5, 0.6) is 0 Å². The predicted octanol–water partition coefficient (Wildman–Crippen LogP) is -1.10. The number of aliphatic hydroxyl groups is 2. The number of rotatable bonds is 6. The van der Waals surface area contributed by atoms with E-state index >= 15 is 0 Å². The third-order valence-electron chi connectivity index (χ3n) is 1.70. The molecule has 7 heteroatoms. The average Bonchev–Trinajstić information content (AvgIpc) is 2.24. The zero-order valence-corrected chi connectivity index (χ0v) is 9.55. The minimum Gasteiger partial charge on any atom is -0.395 e. The summed E-state index contributed by atoms with van der Waals surface area (Å²) >= 11 is 0. The Kier molecular flexibility index (Phi) is 7.44. The van der Waals surface area contributed by atoms with E-state index in [-0.39, 0.29) is 32.7 Å². The van der Waals surface area contributed by atoms with Crippen molar-refractivity contribution in [2.45, 2.75) is 20.3 Å². The SMILES string of the molecule is CCC(=O)N(OC(C)=O)N(CCO)CCO. The molecule has 0 aromatic carbocycles. The first-order valence-corrected chi connectivity index (χ1v) is 5.04. The van der Waals surface area contributed by atoms with Gasteiger partial charge in [-0.25, -0.2) is 4.79 Å². The number of carbonyl (C=O) groups is 2. The minimum absolute atomic E-state index is 0.0968. The van der Waals surface area contributed by atoms with Crippen LogP contribution in [0.4, 0.5) is 0 Å². The first-order chi connectivity index (χ1) is 7.56. The number of carbonyl (C=O) groups excluding carboxylic acids is 2. The van der Waals surface area contributed by atoms with Gasteiger partial charge in [-0.3, -0.25) is 4.79 Å².